The van der Waals surface area contributed by atoms with Crippen molar-refractivity contribution < 1.29 is 9.60 Å². The summed E-state index contributed by atoms with van der Waals surface area (Å²) in [5, 5.41) is 12.4. The Morgan fingerprint density at radius 1 is 1.33 bits per heavy atom. The topological polar surface area (TPSA) is 61.8 Å². The molecular formula is C15H15ClFN3O. The van der Waals surface area contributed by atoms with Crippen molar-refractivity contribution in [2.75, 3.05) is 11.4 Å². The van der Waals surface area contributed by atoms with Crippen LogP contribution in [0.3, 0.4) is 0 Å². The zero-order valence-corrected chi connectivity index (χ0v) is 12.2. The Balaban J connectivity index is 2.57. The van der Waals surface area contributed by atoms with Crippen LogP contribution in [0.2, 0.25) is 5.02 Å². The molecule has 0 aromatic heterocycles. The highest BCUT2D eigenvalue weighted by molar-refractivity contribution is 6.31. The van der Waals surface area contributed by atoms with Gasteiger partial charge in [0, 0.05) is 22.8 Å². The predicted octanol–water partition coefficient (Wildman–Crippen LogP) is 3.73. The number of hydrogen-bond acceptors (Lipinski definition) is 3. The highest BCUT2D eigenvalue weighted by Gasteiger charge is 2.15. The molecule has 0 atom stereocenters. The van der Waals surface area contributed by atoms with Gasteiger partial charge in [0.05, 0.1) is 5.69 Å². The molecule has 0 saturated heterocycles. The minimum absolute atomic E-state index is 0.0534. The fourth-order valence-electron chi connectivity index (χ4n) is 2.14. The van der Waals surface area contributed by atoms with Gasteiger partial charge in [0.1, 0.15) is 5.82 Å². The molecule has 6 heteroatoms. The van der Waals surface area contributed by atoms with Crippen LogP contribution in [0, 0.1) is 5.82 Å². The quantitative estimate of drug-likeness (QED) is 0.391. The van der Waals surface area contributed by atoms with Crippen molar-refractivity contribution in [2.24, 2.45) is 10.9 Å². The first-order chi connectivity index (χ1) is 10.1. The summed E-state index contributed by atoms with van der Waals surface area (Å²) >= 11 is 5.97. The molecule has 0 saturated carbocycles. The maximum Gasteiger partial charge on any atom is 0.172 e. The number of nitrogens with zero attached hydrogens (tertiary/aromatic N) is 2. The molecule has 0 spiro atoms. The molecule has 21 heavy (non-hydrogen) atoms. The van der Waals surface area contributed by atoms with Gasteiger partial charge in [-0.2, -0.15) is 0 Å². The second-order valence-electron chi connectivity index (χ2n) is 4.37. The van der Waals surface area contributed by atoms with Crippen molar-refractivity contribution >= 4 is 28.8 Å². The lowest BCUT2D eigenvalue weighted by Crippen LogP contribution is -2.22. The lowest BCUT2D eigenvalue weighted by molar-refractivity contribution is 0.318. The van der Waals surface area contributed by atoms with Gasteiger partial charge in [-0.05, 0) is 43.3 Å². The van der Waals surface area contributed by atoms with Gasteiger partial charge in [-0.15, -0.1) is 0 Å². The van der Waals surface area contributed by atoms with Crippen molar-refractivity contribution in [1.29, 1.82) is 0 Å². The number of hydrogen-bond donors (Lipinski definition) is 2. The SMILES string of the molecule is CCN(c1cccc(F)c1)c1ccc(Cl)cc1C(N)=NO. The second-order valence-corrected chi connectivity index (χ2v) is 4.81. The summed E-state index contributed by atoms with van der Waals surface area (Å²) in [6, 6.07) is 11.3. The van der Waals surface area contributed by atoms with Gasteiger partial charge in [0.25, 0.3) is 0 Å². The molecule has 0 heterocycles. The smallest absolute Gasteiger partial charge is 0.172 e. The van der Waals surface area contributed by atoms with Crippen molar-refractivity contribution in [3.8, 4) is 0 Å². The first-order valence-electron chi connectivity index (χ1n) is 6.37. The predicted molar refractivity (Wildman–Crippen MR) is 83.0 cm³/mol. The van der Waals surface area contributed by atoms with Crippen LogP contribution in [0.5, 0.6) is 0 Å². The Bertz CT molecular complexity index is 676. The number of amidine groups is 1. The summed E-state index contributed by atoms with van der Waals surface area (Å²) in [6.45, 7) is 2.51. The van der Waals surface area contributed by atoms with Gasteiger partial charge >= 0.3 is 0 Å². The zero-order chi connectivity index (χ0) is 15.4. The van der Waals surface area contributed by atoms with E-state index >= 15 is 0 Å². The van der Waals surface area contributed by atoms with Crippen LogP contribution in [0.4, 0.5) is 15.8 Å². The van der Waals surface area contributed by atoms with E-state index in [0.29, 0.717) is 28.5 Å². The number of halogens is 2. The second kappa shape index (κ2) is 6.45. The maximum absolute atomic E-state index is 13.4. The van der Waals surface area contributed by atoms with Crippen LogP contribution < -0.4 is 10.6 Å². The lowest BCUT2D eigenvalue weighted by Gasteiger charge is -2.25. The molecular weight excluding hydrogens is 293 g/mol. The van der Waals surface area contributed by atoms with Gasteiger partial charge in [0.15, 0.2) is 5.84 Å². The molecule has 0 fully saturated rings. The summed E-state index contributed by atoms with van der Waals surface area (Å²) in [4.78, 5) is 1.85. The van der Waals surface area contributed by atoms with Crippen LogP contribution in [0.15, 0.2) is 47.6 Å². The summed E-state index contributed by atoms with van der Waals surface area (Å²) in [5.74, 6) is -0.382. The Morgan fingerprint density at radius 2 is 2.10 bits per heavy atom. The van der Waals surface area contributed by atoms with Crippen molar-refractivity contribution in [2.45, 2.75) is 6.92 Å². The molecule has 0 aliphatic carbocycles. The zero-order valence-electron chi connectivity index (χ0n) is 11.4. The van der Waals surface area contributed by atoms with Gasteiger partial charge in [0.2, 0.25) is 0 Å². The molecule has 2 aromatic rings. The van der Waals surface area contributed by atoms with Gasteiger partial charge < -0.3 is 15.8 Å². The van der Waals surface area contributed by atoms with E-state index in [-0.39, 0.29) is 11.7 Å². The standard InChI is InChI=1S/C15H15ClFN3O/c1-2-20(12-5-3-4-11(17)9-12)14-7-6-10(16)8-13(14)15(18)19-21/h3-9,21H,2H2,1H3,(H2,18,19). The van der Waals surface area contributed by atoms with E-state index in [9.17, 15) is 4.39 Å². The van der Waals surface area contributed by atoms with E-state index in [0.717, 1.165) is 0 Å². The molecule has 0 bridgehead atoms. The minimum Gasteiger partial charge on any atom is -0.409 e. The molecule has 0 unspecified atom stereocenters. The molecule has 0 radical (unpaired) electrons. The summed E-state index contributed by atoms with van der Waals surface area (Å²) in [5.41, 5.74) is 7.54. The van der Waals surface area contributed by atoms with Gasteiger partial charge in [-0.1, -0.05) is 22.8 Å². The summed E-state index contributed by atoms with van der Waals surface area (Å²) in [7, 11) is 0. The summed E-state index contributed by atoms with van der Waals surface area (Å²) in [6.07, 6.45) is 0. The van der Waals surface area contributed by atoms with E-state index < -0.39 is 0 Å². The van der Waals surface area contributed by atoms with E-state index in [1.165, 1.54) is 12.1 Å². The highest BCUT2D eigenvalue weighted by Crippen LogP contribution is 2.30. The Labute approximate surface area is 127 Å². The largest absolute Gasteiger partial charge is 0.409 e. The average Bonchev–Trinajstić information content (AvgIpc) is 2.48. The monoisotopic (exact) mass is 307 g/mol. The maximum atomic E-state index is 13.4. The fraction of sp³-hybridized carbons (Fsp3) is 0.133. The summed E-state index contributed by atoms with van der Waals surface area (Å²) < 4.78 is 13.4. The van der Waals surface area contributed by atoms with Crippen LogP contribution in [-0.2, 0) is 0 Å². The van der Waals surface area contributed by atoms with Crippen LogP contribution >= 0.6 is 11.6 Å². The lowest BCUT2D eigenvalue weighted by atomic mass is 10.1. The number of nitrogens with two attached hydrogens (primary N) is 1. The Hall–Kier alpha value is -2.27. The molecule has 2 aromatic carbocycles. The van der Waals surface area contributed by atoms with Crippen molar-refractivity contribution in [3.63, 3.8) is 0 Å². The van der Waals surface area contributed by atoms with E-state index in [4.69, 9.17) is 22.5 Å². The third-order valence-corrected chi connectivity index (χ3v) is 3.30. The average molecular weight is 308 g/mol. The first kappa shape index (κ1) is 15.1. The van der Waals surface area contributed by atoms with Crippen molar-refractivity contribution in [3.05, 3.63) is 58.9 Å². The Kier molecular flexibility index (Phi) is 4.65. The molecule has 3 N–H and O–H groups in total. The first-order valence-corrected chi connectivity index (χ1v) is 6.75. The minimum atomic E-state index is -0.328. The number of anilines is 2. The van der Waals surface area contributed by atoms with E-state index in [1.807, 2.05) is 11.8 Å². The van der Waals surface area contributed by atoms with Crippen LogP contribution in [-0.4, -0.2) is 17.6 Å². The van der Waals surface area contributed by atoms with Crippen LogP contribution in [0.25, 0.3) is 0 Å². The van der Waals surface area contributed by atoms with Crippen molar-refractivity contribution in [1.82, 2.24) is 0 Å². The number of benzene rings is 2. The molecule has 2 rings (SSSR count). The number of rotatable bonds is 4. The van der Waals surface area contributed by atoms with Crippen LogP contribution in [0.1, 0.15) is 12.5 Å². The Morgan fingerprint density at radius 3 is 2.71 bits per heavy atom. The molecule has 110 valence electrons. The normalized spacial score (nSPS) is 11.5. The molecule has 0 amide bonds. The van der Waals surface area contributed by atoms with Gasteiger partial charge in [-0.3, -0.25) is 0 Å². The van der Waals surface area contributed by atoms with E-state index in [2.05, 4.69) is 5.16 Å². The van der Waals surface area contributed by atoms with E-state index in [1.54, 1.807) is 30.3 Å². The highest BCUT2D eigenvalue weighted by atomic mass is 35.5. The van der Waals surface area contributed by atoms with Gasteiger partial charge in [-0.25, -0.2) is 4.39 Å². The third-order valence-electron chi connectivity index (χ3n) is 3.07. The molecule has 0 aliphatic rings. The molecule has 0 aliphatic heterocycles. The molecule has 4 nitrogen and oxygen atoms in total. The third kappa shape index (κ3) is 3.25. The fourth-order valence-corrected chi connectivity index (χ4v) is 2.31. The number of oxime groups is 1.